The first-order valence-electron chi connectivity index (χ1n) is 8.21. The van der Waals surface area contributed by atoms with Gasteiger partial charge in [-0.05, 0) is 42.6 Å². The summed E-state index contributed by atoms with van der Waals surface area (Å²) in [6, 6.07) is 3.71. The van der Waals surface area contributed by atoms with E-state index in [2.05, 4.69) is 45.7 Å². The zero-order valence-electron chi connectivity index (χ0n) is 14.6. The summed E-state index contributed by atoms with van der Waals surface area (Å²) in [4.78, 5) is 15.2. The number of pyridine rings is 1. The van der Waals surface area contributed by atoms with Gasteiger partial charge < -0.3 is 10.6 Å². The maximum Gasteiger partial charge on any atom is 0.180 e. The quantitative estimate of drug-likeness (QED) is 0.512. The molecule has 0 bridgehead atoms. The molecule has 0 aliphatic carbocycles. The highest BCUT2D eigenvalue weighted by Crippen LogP contribution is 2.29. The first-order valence-corrected chi connectivity index (χ1v) is 9.43. The van der Waals surface area contributed by atoms with E-state index in [-0.39, 0.29) is 0 Å². The van der Waals surface area contributed by atoms with Crippen LogP contribution in [0.4, 0.5) is 5.82 Å². The van der Waals surface area contributed by atoms with Crippen LogP contribution in [0.15, 0.2) is 36.4 Å². The lowest BCUT2D eigenvalue weighted by molar-refractivity contribution is 0.697. The van der Waals surface area contributed by atoms with Gasteiger partial charge in [0.15, 0.2) is 10.8 Å². The van der Waals surface area contributed by atoms with E-state index in [0.29, 0.717) is 22.3 Å². The first kappa shape index (κ1) is 19.3. The van der Waals surface area contributed by atoms with Gasteiger partial charge in [0.25, 0.3) is 0 Å². The number of nitrogens with zero attached hydrogens (tertiary/aromatic N) is 3. The fourth-order valence-electron chi connectivity index (χ4n) is 2.10. The third-order valence-corrected chi connectivity index (χ3v) is 4.35. The van der Waals surface area contributed by atoms with Gasteiger partial charge in [0.2, 0.25) is 0 Å². The second-order valence-electron chi connectivity index (χ2n) is 5.61. The number of anilines is 1. The lowest BCUT2D eigenvalue weighted by atomic mass is 10.2. The van der Waals surface area contributed by atoms with Crippen molar-refractivity contribution in [3.8, 4) is 0 Å². The molecule has 0 saturated heterocycles. The van der Waals surface area contributed by atoms with E-state index in [4.69, 9.17) is 12.2 Å². The van der Waals surface area contributed by atoms with E-state index in [0.717, 1.165) is 28.3 Å². The molecule has 0 amide bonds. The summed E-state index contributed by atoms with van der Waals surface area (Å²) >= 11 is 6.78. The molecule has 2 aromatic rings. The molecule has 0 atom stereocenters. The number of allylic oxidation sites excluding steroid dienone is 1. The zero-order chi connectivity index (χ0) is 18.2. The Labute approximate surface area is 158 Å². The standard InChI is InChI=1S/C18H23N5S2/c1-5-6-7-10-19-18(24)23-16-9-8-14-17(22-16)21-15(11-20-14)13(4)25-12(2)3/h8-9,11H,2,4-7,10H2,1,3H3,(H2,19,21,22,23,24). The van der Waals surface area contributed by atoms with Gasteiger partial charge in [0.1, 0.15) is 11.3 Å². The summed E-state index contributed by atoms with van der Waals surface area (Å²) in [7, 11) is 0. The summed E-state index contributed by atoms with van der Waals surface area (Å²) in [5.41, 5.74) is 1.98. The van der Waals surface area contributed by atoms with E-state index >= 15 is 0 Å². The number of unbranched alkanes of at least 4 members (excludes halogenated alkanes) is 2. The Bertz CT molecular complexity index is 788. The van der Waals surface area contributed by atoms with Crippen LogP contribution >= 0.6 is 24.0 Å². The van der Waals surface area contributed by atoms with Gasteiger partial charge in [0.05, 0.1) is 11.9 Å². The molecule has 0 aromatic carbocycles. The molecule has 0 spiro atoms. The highest BCUT2D eigenvalue weighted by molar-refractivity contribution is 8.11. The maximum atomic E-state index is 5.30. The summed E-state index contributed by atoms with van der Waals surface area (Å²) in [6.07, 6.45) is 5.18. The molecule has 0 radical (unpaired) electrons. The molecule has 0 aliphatic heterocycles. The van der Waals surface area contributed by atoms with Crippen LogP contribution in [0, 0.1) is 0 Å². The third-order valence-electron chi connectivity index (χ3n) is 3.30. The normalized spacial score (nSPS) is 10.5. The van der Waals surface area contributed by atoms with Crippen molar-refractivity contribution in [1.82, 2.24) is 20.3 Å². The van der Waals surface area contributed by atoms with Gasteiger partial charge in [-0.2, -0.15) is 0 Å². The van der Waals surface area contributed by atoms with Crippen molar-refractivity contribution >= 4 is 51.0 Å². The Morgan fingerprint density at radius 2 is 2.04 bits per heavy atom. The molecule has 7 heteroatoms. The molecule has 132 valence electrons. The number of thiocarbonyl (C=S) groups is 1. The average molecular weight is 374 g/mol. The van der Waals surface area contributed by atoms with Gasteiger partial charge in [-0.15, -0.1) is 0 Å². The SMILES string of the molecule is C=C(C)SC(=C)c1cnc2ccc(NC(=S)NCCCCC)nc2n1. The number of thioether (sulfide) groups is 1. The van der Waals surface area contributed by atoms with Crippen LogP contribution in [0.5, 0.6) is 0 Å². The van der Waals surface area contributed by atoms with Gasteiger partial charge in [-0.1, -0.05) is 44.7 Å². The minimum Gasteiger partial charge on any atom is -0.362 e. The Morgan fingerprint density at radius 3 is 2.76 bits per heavy atom. The second kappa shape index (κ2) is 9.48. The predicted octanol–water partition coefficient (Wildman–Crippen LogP) is 4.74. The molecule has 0 fully saturated rings. The van der Waals surface area contributed by atoms with Crippen LogP contribution < -0.4 is 10.6 Å². The van der Waals surface area contributed by atoms with Crippen molar-refractivity contribution in [3.05, 3.63) is 42.1 Å². The molecule has 5 nitrogen and oxygen atoms in total. The van der Waals surface area contributed by atoms with Crippen molar-refractivity contribution in [2.24, 2.45) is 0 Å². The third kappa shape index (κ3) is 6.10. The molecule has 0 aliphatic rings. The molecule has 2 heterocycles. The number of rotatable bonds is 8. The van der Waals surface area contributed by atoms with Gasteiger partial charge in [-0.3, -0.25) is 4.98 Å². The van der Waals surface area contributed by atoms with Crippen molar-refractivity contribution in [1.29, 1.82) is 0 Å². The summed E-state index contributed by atoms with van der Waals surface area (Å²) in [5, 5.41) is 6.84. The van der Waals surface area contributed by atoms with Crippen LogP contribution in [0.2, 0.25) is 0 Å². The number of aromatic nitrogens is 3. The van der Waals surface area contributed by atoms with Crippen molar-refractivity contribution in [3.63, 3.8) is 0 Å². The van der Waals surface area contributed by atoms with Crippen LogP contribution in [0.25, 0.3) is 16.1 Å². The van der Waals surface area contributed by atoms with Crippen molar-refractivity contribution < 1.29 is 0 Å². The predicted molar refractivity (Wildman–Crippen MR) is 113 cm³/mol. The number of hydrogen-bond donors (Lipinski definition) is 2. The molecule has 2 rings (SSSR count). The monoisotopic (exact) mass is 373 g/mol. The van der Waals surface area contributed by atoms with E-state index in [1.165, 1.54) is 24.6 Å². The summed E-state index contributed by atoms with van der Waals surface area (Å²) in [5.74, 6) is 0.644. The smallest absolute Gasteiger partial charge is 0.180 e. The zero-order valence-corrected chi connectivity index (χ0v) is 16.3. The fraction of sp³-hybridized carbons (Fsp3) is 0.333. The molecule has 2 N–H and O–H groups in total. The van der Waals surface area contributed by atoms with Crippen LogP contribution in [-0.4, -0.2) is 26.6 Å². The maximum absolute atomic E-state index is 5.30. The van der Waals surface area contributed by atoms with Gasteiger partial charge in [-0.25, -0.2) is 9.97 Å². The topological polar surface area (TPSA) is 62.7 Å². The molecule has 2 aromatic heterocycles. The Hall–Kier alpha value is -1.99. The molecule has 25 heavy (non-hydrogen) atoms. The average Bonchev–Trinajstić information content (AvgIpc) is 2.57. The number of nitrogens with one attached hydrogen (secondary N) is 2. The van der Waals surface area contributed by atoms with E-state index < -0.39 is 0 Å². The molecular weight excluding hydrogens is 350 g/mol. The van der Waals surface area contributed by atoms with E-state index in [1.807, 2.05) is 19.1 Å². The van der Waals surface area contributed by atoms with Gasteiger partial charge >= 0.3 is 0 Å². The van der Waals surface area contributed by atoms with Crippen LogP contribution in [-0.2, 0) is 0 Å². The largest absolute Gasteiger partial charge is 0.362 e. The minimum absolute atomic E-state index is 0.555. The van der Waals surface area contributed by atoms with E-state index in [1.54, 1.807) is 6.20 Å². The summed E-state index contributed by atoms with van der Waals surface area (Å²) in [6.45, 7) is 12.9. The first-order chi connectivity index (χ1) is 12.0. The summed E-state index contributed by atoms with van der Waals surface area (Å²) < 4.78 is 0. The lowest BCUT2D eigenvalue weighted by Gasteiger charge is -2.10. The minimum atomic E-state index is 0.555. The number of fused-ring (bicyclic) bond motifs is 1. The highest BCUT2D eigenvalue weighted by Gasteiger charge is 2.07. The van der Waals surface area contributed by atoms with E-state index in [9.17, 15) is 0 Å². The Morgan fingerprint density at radius 1 is 1.24 bits per heavy atom. The van der Waals surface area contributed by atoms with Crippen LogP contribution in [0.1, 0.15) is 38.8 Å². The Kier molecular flexibility index (Phi) is 7.33. The highest BCUT2D eigenvalue weighted by atomic mass is 32.2. The molecule has 0 unspecified atom stereocenters. The molecule has 0 saturated carbocycles. The van der Waals surface area contributed by atoms with Crippen molar-refractivity contribution in [2.75, 3.05) is 11.9 Å². The second-order valence-corrected chi connectivity index (χ2v) is 7.41. The Balaban J connectivity index is 2.08. The van der Waals surface area contributed by atoms with Crippen LogP contribution in [0.3, 0.4) is 0 Å². The molecular formula is C18H23N5S2. The fourth-order valence-corrected chi connectivity index (χ4v) is 2.93. The lowest BCUT2D eigenvalue weighted by Crippen LogP contribution is -2.29. The van der Waals surface area contributed by atoms with Crippen molar-refractivity contribution in [2.45, 2.75) is 33.1 Å². The number of hydrogen-bond acceptors (Lipinski definition) is 5. The van der Waals surface area contributed by atoms with Gasteiger partial charge in [0, 0.05) is 11.4 Å².